The van der Waals surface area contributed by atoms with Gasteiger partial charge in [-0.25, -0.2) is 9.59 Å². The minimum absolute atomic E-state index is 0.0628. The Balaban J connectivity index is 1.47. The molecule has 8 heteroatoms. The third-order valence-corrected chi connectivity index (χ3v) is 6.11. The molecule has 1 aliphatic rings. The average molecular weight is 501 g/mol. The Hall–Kier alpha value is -4.38. The second-order valence-electron chi connectivity index (χ2n) is 8.93. The highest BCUT2D eigenvalue weighted by molar-refractivity contribution is 6.00. The number of hydrogen-bond acceptors (Lipinski definition) is 7. The van der Waals surface area contributed by atoms with Gasteiger partial charge in [-0.2, -0.15) is 5.26 Å². The van der Waals surface area contributed by atoms with E-state index in [0.717, 1.165) is 38.5 Å². The van der Waals surface area contributed by atoms with Crippen LogP contribution in [-0.2, 0) is 4.79 Å². The summed E-state index contributed by atoms with van der Waals surface area (Å²) in [5, 5.41) is 12.9. The molecule has 4 rings (SSSR count). The summed E-state index contributed by atoms with van der Waals surface area (Å²) < 4.78 is 16.2. The Morgan fingerprint density at radius 2 is 1.81 bits per heavy atom. The third kappa shape index (κ3) is 6.64. The molecule has 0 saturated heterocycles. The first kappa shape index (κ1) is 25.7. The number of ether oxygens (including phenoxy) is 2. The monoisotopic (exact) mass is 500 g/mol. The van der Waals surface area contributed by atoms with Crippen molar-refractivity contribution in [1.29, 1.82) is 5.26 Å². The number of esters is 1. The molecule has 1 aromatic heterocycles. The van der Waals surface area contributed by atoms with E-state index in [4.69, 9.17) is 13.9 Å². The van der Waals surface area contributed by atoms with Gasteiger partial charge in [0.2, 0.25) is 0 Å². The van der Waals surface area contributed by atoms with Gasteiger partial charge >= 0.3 is 11.6 Å². The van der Waals surface area contributed by atoms with E-state index in [2.05, 4.69) is 5.32 Å². The number of carbonyl (C=O) groups excluding carboxylic acids is 2. The number of benzene rings is 2. The zero-order chi connectivity index (χ0) is 26.2. The van der Waals surface area contributed by atoms with Gasteiger partial charge in [0.25, 0.3) is 5.91 Å². The molecule has 8 nitrogen and oxygen atoms in total. The van der Waals surface area contributed by atoms with Gasteiger partial charge in [-0.05, 0) is 61.2 Å². The van der Waals surface area contributed by atoms with Gasteiger partial charge < -0.3 is 19.2 Å². The predicted molar refractivity (Wildman–Crippen MR) is 138 cm³/mol. The number of nitrogens with one attached hydrogen (secondary N) is 1. The molecule has 37 heavy (non-hydrogen) atoms. The molecule has 3 aromatic rings. The number of nitriles is 1. The topological polar surface area (TPSA) is 119 Å². The van der Waals surface area contributed by atoms with E-state index in [1.54, 1.807) is 30.3 Å². The largest absolute Gasteiger partial charge is 0.494 e. The molecular weight excluding hydrogens is 472 g/mol. The van der Waals surface area contributed by atoms with Crippen molar-refractivity contribution in [2.24, 2.45) is 0 Å². The van der Waals surface area contributed by atoms with Crippen LogP contribution in [0.2, 0.25) is 0 Å². The molecule has 1 amide bonds. The molecule has 1 fully saturated rings. The van der Waals surface area contributed by atoms with Crippen molar-refractivity contribution in [3.05, 3.63) is 75.7 Å². The predicted octanol–water partition coefficient (Wildman–Crippen LogP) is 5.16. The molecule has 190 valence electrons. The van der Waals surface area contributed by atoms with E-state index in [9.17, 15) is 19.6 Å². The van der Waals surface area contributed by atoms with Crippen LogP contribution < -0.4 is 20.4 Å². The Morgan fingerprint density at radius 3 is 2.51 bits per heavy atom. The van der Waals surface area contributed by atoms with Crippen LogP contribution in [0.25, 0.3) is 17.0 Å². The highest BCUT2D eigenvalue weighted by atomic mass is 16.5. The van der Waals surface area contributed by atoms with Crippen LogP contribution in [-0.4, -0.2) is 24.5 Å². The van der Waals surface area contributed by atoms with Crippen LogP contribution in [0, 0.1) is 11.3 Å². The average Bonchev–Trinajstić information content (AvgIpc) is 2.91. The van der Waals surface area contributed by atoms with Crippen molar-refractivity contribution in [2.45, 2.75) is 51.5 Å². The Labute approximate surface area is 214 Å². The molecule has 2 aromatic carbocycles. The van der Waals surface area contributed by atoms with E-state index in [-0.39, 0.29) is 28.5 Å². The van der Waals surface area contributed by atoms with E-state index < -0.39 is 17.5 Å². The van der Waals surface area contributed by atoms with Gasteiger partial charge in [0.15, 0.2) is 0 Å². The molecule has 0 unspecified atom stereocenters. The summed E-state index contributed by atoms with van der Waals surface area (Å²) in [4.78, 5) is 37.7. The number of fused-ring (bicyclic) bond motifs is 1. The molecule has 1 saturated carbocycles. The second-order valence-corrected chi connectivity index (χ2v) is 8.93. The number of carbonyl (C=O) groups is 2. The molecule has 0 radical (unpaired) electrons. The smallest absolute Gasteiger partial charge is 0.354 e. The highest BCUT2D eigenvalue weighted by Gasteiger charge is 2.20. The molecule has 1 N–H and O–H groups in total. The van der Waals surface area contributed by atoms with Gasteiger partial charge in [-0.1, -0.05) is 38.3 Å². The summed E-state index contributed by atoms with van der Waals surface area (Å²) in [5.41, 5.74) is -0.231. The summed E-state index contributed by atoms with van der Waals surface area (Å²) in [7, 11) is 0. The number of hydrogen-bond donors (Lipinski definition) is 1. The summed E-state index contributed by atoms with van der Waals surface area (Å²) in [6, 6.07) is 14.9. The zero-order valence-electron chi connectivity index (χ0n) is 20.6. The van der Waals surface area contributed by atoms with E-state index in [0.29, 0.717) is 23.3 Å². The number of nitrogens with zero attached hydrogens (tertiary/aromatic N) is 1. The van der Waals surface area contributed by atoms with Crippen molar-refractivity contribution in [2.75, 3.05) is 6.61 Å². The lowest BCUT2D eigenvalue weighted by Gasteiger charge is -2.22. The first-order valence-electron chi connectivity index (χ1n) is 12.4. The Bertz CT molecular complexity index is 1410. The van der Waals surface area contributed by atoms with Crippen molar-refractivity contribution in [3.8, 4) is 17.6 Å². The minimum atomic E-state index is -0.848. The lowest BCUT2D eigenvalue weighted by molar-refractivity contribution is -0.129. The fourth-order valence-electron chi connectivity index (χ4n) is 4.17. The van der Waals surface area contributed by atoms with Crippen LogP contribution in [0.5, 0.6) is 11.5 Å². The van der Waals surface area contributed by atoms with Gasteiger partial charge in [0, 0.05) is 17.5 Å². The molecule has 0 atom stereocenters. The molecule has 1 aliphatic carbocycles. The van der Waals surface area contributed by atoms with Crippen LogP contribution in [0.3, 0.4) is 0 Å². The third-order valence-electron chi connectivity index (χ3n) is 6.11. The maximum absolute atomic E-state index is 12.6. The minimum Gasteiger partial charge on any atom is -0.494 e. The number of rotatable bonds is 8. The lowest BCUT2D eigenvalue weighted by atomic mass is 9.95. The van der Waals surface area contributed by atoms with Crippen LogP contribution in [0.1, 0.15) is 61.4 Å². The maximum atomic E-state index is 12.6. The van der Waals surface area contributed by atoms with Crippen molar-refractivity contribution in [1.82, 2.24) is 5.32 Å². The van der Waals surface area contributed by atoms with E-state index in [1.807, 2.05) is 13.0 Å². The van der Waals surface area contributed by atoms with Gasteiger partial charge in [-0.15, -0.1) is 0 Å². The van der Waals surface area contributed by atoms with Gasteiger partial charge in [-0.3, -0.25) is 4.79 Å². The lowest BCUT2D eigenvalue weighted by Crippen LogP contribution is -2.38. The Kier molecular flexibility index (Phi) is 8.37. The first-order valence-corrected chi connectivity index (χ1v) is 12.4. The van der Waals surface area contributed by atoms with Crippen molar-refractivity contribution < 1.29 is 23.5 Å². The van der Waals surface area contributed by atoms with E-state index in [1.165, 1.54) is 24.3 Å². The van der Waals surface area contributed by atoms with Crippen LogP contribution in [0.4, 0.5) is 0 Å². The fraction of sp³-hybridized carbons (Fsp3) is 0.310. The maximum Gasteiger partial charge on any atom is 0.354 e. The van der Waals surface area contributed by atoms with Crippen molar-refractivity contribution >= 4 is 28.9 Å². The normalized spacial score (nSPS) is 14.1. The van der Waals surface area contributed by atoms with Crippen molar-refractivity contribution in [3.63, 3.8) is 0 Å². The SMILES string of the molecule is CCCOc1ccc(/C=C(\C#N)C(=O)Oc2ccc3cc(C(=O)NC4CCCCC4)c(=O)oc3c2)cc1. The van der Waals surface area contributed by atoms with Crippen LogP contribution in [0.15, 0.2) is 63.3 Å². The first-order chi connectivity index (χ1) is 18.0. The summed E-state index contributed by atoms with van der Waals surface area (Å²) in [6.07, 6.45) is 7.38. The van der Waals surface area contributed by atoms with Gasteiger partial charge in [0.1, 0.15) is 34.3 Å². The second kappa shape index (κ2) is 12.0. The van der Waals surface area contributed by atoms with Crippen LogP contribution >= 0.6 is 0 Å². The highest BCUT2D eigenvalue weighted by Crippen LogP contribution is 2.23. The molecular formula is C29H28N2O6. The zero-order valence-corrected chi connectivity index (χ0v) is 20.6. The standard InChI is InChI=1S/C29H28N2O6/c1-2-14-35-23-11-8-19(9-12-23)15-21(18-30)28(33)36-24-13-10-20-16-25(29(34)37-26(20)17-24)27(32)31-22-6-4-3-5-7-22/h8-13,15-17,22H,2-7,14H2,1H3,(H,31,32)/b21-15+. The molecule has 1 heterocycles. The molecule has 0 aliphatic heterocycles. The van der Waals surface area contributed by atoms with Gasteiger partial charge in [0.05, 0.1) is 6.61 Å². The summed E-state index contributed by atoms with van der Waals surface area (Å²) in [5.74, 6) is -0.498. The quantitative estimate of drug-likeness (QED) is 0.149. The number of amides is 1. The fourth-order valence-corrected chi connectivity index (χ4v) is 4.17. The molecule has 0 bridgehead atoms. The molecule has 0 spiro atoms. The summed E-state index contributed by atoms with van der Waals surface area (Å²) in [6.45, 7) is 2.62. The summed E-state index contributed by atoms with van der Waals surface area (Å²) >= 11 is 0. The van der Waals surface area contributed by atoms with E-state index >= 15 is 0 Å². The Morgan fingerprint density at radius 1 is 1.08 bits per heavy atom.